The van der Waals surface area contributed by atoms with E-state index in [4.69, 9.17) is 5.11 Å². The molecule has 12 heavy (non-hydrogen) atoms. The van der Waals surface area contributed by atoms with Gasteiger partial charge in [0.25, 0.3) is 0 Å². The second-order valence-corrected chi connectivity index (χ2v) is 3.34. The van der Waals surface area contributed by atoms with E-state index < -0.39 is 11.5 Å². The molecule has 4 nitrogen and oxygen atoms in total. The molecule has 0 aliphatic heterocycles. The first kappa shape index (κ1) is 9.19. The van der Waals surface area contributed by atoms with Crippen molar-refractivity contribution >= 4 is 11.8 Å². The summed E-state index contributed by atoms with van der Waals surface area (Å²) >= 11 is 0. The maximum Gasteiger partial charge on any atom is 0.331 e. The number of ketones is 1. The first-order valence-electron chi connectivity index (χ1n) is 3.96. The van der Waals surface area contributed by atoms with Gasteiger partial charge in [0.1, 0.15) is 0 Å². The van der Waals surface area contributed by atoms with Crippen LogP contribution in [0.4, 0.5) is 0 Å². The van der Waals surface area contributed by atoms with Gasteiger partial charge in [-0.25, -0.2) is 4.79 Å². The molecule has 1 unspecified atom stereocenters. The predicted octanol–water partition coefficient (Wildman–Crippen LogP) is 0.124. The summed E-state index contributed by atoms with van der Waals surface area (Å²) in [5.41, 5.74) is -1.24. The Labute approximate surface area is 71.2 Å². The molecule has 1 rings (SSSR count). The fourth-order valence-corrected chi connectivity index (χ4v) is 1.74. The number of Topliss-reactive ketones (excluding diaryl/α,β-unsaturated/α-hetero) is 1. The standard InChI is InChI=1S/C8H13NO3/c1-9(2)8(7(11)12)5-3-4-6(8)10/h3-5H2,1-2H3,(H,11,12). The van der Waals surface area contributed by atoms with Crippen LogP contribution in [0.25, 0.3) is 0 Å². The lowest BCUT2D eigenvalue weighted by Crippen LogP contribution is -2.54. The maximum absolute atomic E-state index is 11.4. The molecular weight excluding hydrogens is 158 g/mol. The summed E-state index contributed by atoms with van der Waals surface area (Å²) in [7, 11) is 3.27. The van der Waals surface area contributed by atoms with Crippen LogP contribution in [-0.2, 0) is 9.59 Å². The van der Waals surface area contributed by atoms with Crippen LogP contribution in [0, 0.1) is 0 Å². The Morgan fingerprint density at radius 1 is 1.58 bits per heavy atom. The van der Waals surface area contributed by atoms with Gasteiger partial charge in [0, 0.05) is 6.42 Å². The van der Waals surface area contributed by atoms with Gasteiger partial charge < -0.3 is 5.11 Å². The van der Waals surface area contributed by atoms with Gasteiger partial charge in [-0.05, 0) is 26.9 Å². The van der Waals surface area contributed by atoms with Gasteiger partial charge in [0.15, 0.2) is 11.3 Å². The number of carboxylic acids is 1. The normalized spacial score (nSPS) is 29.8. The van der Waals surface area contributed by atoms with Crippen molar-refractivity contribution in [3.05, 3.63) is 0 Å². The van der Waals surface area contributed by atoms with Crippen molar-refractivity contribution in [1.29, 1.82) is 0 Å². The summed E-state index contributed by atoms with van der Waals surface area (Å²) in [4.78, 5) is 23.8. The molecule has 0 aromatic heterocycles. The number of carbonyl (C=O) groups excluding carboxylic acids is 1. The molecule has 0 spiro atoms. The number of carbonyl (C=O) groups is 2. The van der Waals surface area contributed by atoms with E-state index in [1.54, 1.807) is 14.1 Å². The third-order valence-corrected chi connectivity index (χ3v) is 2.52. The molecule has 0 amide bonds. The molecule has 0 heterocycles. The Morgan fingerprint density at radius 3 is 2.33 bits per heavy atom. The van der Waals surface area contributed by atoms with E-state index in [9.17, 15) is 9.59 Å². The van der Waals surface area contributed by atoms with Crippen molar-refractivity contribution in [3.63, 3.8) is 0 Å². The lowest BCUT2D eigenvalue weighted by atomic mass is 9.95. The molecule has 0 bridgehead atoms. The highest BCUT2D eigenvalue weighted by Crippen LogP contribution is 2.30. The SMILES string of the molecule is CN(C)C1(C(=O)O)CCCC1=O. The van der Waals surface area contributed by atoms with E-state index in [-0.39, 0.29) is 5.78 Å². The van der Waals surface area contributed by atoms with Crippen LogP contribution in [0.2, 0.25) is 0 Å². The van der Waals surface area contributed by atoms with Crippen LogP contribution < -0.4 is 0 Å². The van der Waals surface area contributed by atoms with Gasteiger partial charge in [0.2, 0.25) is 0 Å². The van der Waals surface area contributed by atoms with Crippen molar-refractivity contribution in [2.75, 3.05) is 14.1 Å². The summed E-state index contributed by atoms with van der Waals surface area (Å²) in [6, 6.07) is 0. The van der Waals surface area contributed by atoms with Crippen LogP contribution >= 0.6 is 0 Å². The number of hydrogen-bond acceptors (Lipinski definition) is 3. The number of likely N-dealkylation sites (N-methyl/N-ethyl adjacent to an activating group) is 1. The van der Waals surface area contributed by atoms with E-state index >= 15 is 0 Å². The highest BCUT2D eigenvalue weighted by molar-refractivity contribution is 6.09. The molecule has 1 aliphatic rings. The van der Waals surface area contributed by atoms with Crippen molar-refractivity contribution in [1.82, 2.24) is 4.90 Å². The first-order chi connectivity index (χ1) is 5.51. The second kappa shape index (κ2) is 2.86. The molecule has 1 fully saturated rings. The Morgan fingerprint density at radius 2 is 2.17 bits per heavy atom. The average Bonchev–Trinajstić information content (AvgIpc) is 2.31. The number of nitrogens with zero attached hydrogens (tertiary/aromatic N) is 1. The van der Waals surface area contributed by atoms with Gasteiger partial charge >= 0.3 is 5.97 Å². The minimum absolute atomic E-state index is 0.167. The molecule has 0 aromatic rings. The van der Waals surface area contributed by atoms with Gasteiger partial charge in [-0.15, -0.1) is 0 Å². The average molecular weight is 171 g/mol. The zero-order valence-corrected chi connectivity index (χ0v) is 7.33. The minimum atomic E-state index is -1.24. The predicted molar refractivity (Wildman–Crippen MR) is 42.9 cm³/mol. The lowest BCUT2D eigenvalue weighted by molar-refractivity contribution is -0.154. The maximum atomic E-state index is 11.4. The largest absolute Gasteiger partial charge is 0.480 e. The molecule has 0 aromatic carbocycles. The molecule has 68 valence electrons. The third kappa shape index (κ3) is 1.03. The quantitative estimate of drug-likeness (QED) is 0.600. The summed E-state index contributed by atoms with van der Waals surface area (Å²) in [6.45, 7) is 0. The topological polar surface area (TPSA) is 57.6 Å². The number of rotatable bonds is 2. The van der Waals surface area contributed by atoms with Gasteiger partial charge in [-0.2, -0.15) is 0 Å². The Balaban J connectivity index is 3.01. The van der Waals surface area contributed by atoms with Crippen molar-refractivity contribution in [3.8, 4) is 0 Å². The Hall–Kier alpha value is -0.900. The van der Waals surface area contributed by atoms with Crippen LogP contribution in [0.15, 0.2) is 0 Å². The van der Waals surface area contributed by atoms with E-state index in [1.165, 1.54) is 4.90 Å². The first-order valence-corrected chi connectivity index (χ1v) is 3.96. The molecule has 0 saturated heterocycles. The Kier molecular flexibility index (Phi) is 2.19. The highest BCUT2D eigenvalue weighted by atomic mass is 16.4. The van der Waals surface area contributed by atoms with E-state index in [0.29, 0.717) is 19.3 Å². The molecular formula is C8H13NO3. The second-order valence-electron chi connectivity index (χ2n) is 3.34. The fourth-order valence-electron chi connectivity index (χ4n) is 1.74. The fraction of sp³-hybridized carbons (Fsp3) is 0.750. The highest BCUT2D eigenvalue weighted by Gasteiger charge is 2.50. The monoisotopic (exact) mass is 171 g/mol. The molecule has 4 heteroatoms. The van der Waals surface area contributed by atoms with Crippen LogP contribution in [0.5, 0.6) is 0 Å². The van der Waals surface area contributed by atoms with Crippen molar-refractivity contribution < 1.29 is 14.7 Å². The molecule has 1 N–H and O–H groups in total. The van der Waals surface area contributed by atoms with Crippen LogP contribution in [-0.4, -0.2) is 41.4 Å². The van der Waals surface area contributed by atoms with Crippen molar-refractivity contribution in [2.24, 2.45) is 0 Å². The van der Waals surface area contributed by atoms with E-state index in [1.807, 2.05) is 0 Å². The lowest BCUT2D eigenvalue weighted by Gasteiger charge is -2.29. The van der Waals surface area contributed by atoms with Gasteiger partial charge in [-0.1, -0.05) is 0 Å². The smallest absolute Gasteiger partial charge is 0.331 e. The van der Waals surface area contributed by atoms with Crippen LogP contribution in [0.3, 0.4) is 0 Å². The number of carboxylic acid groups (broad SMARTS) is 1. The molecule has 0 radical (unpaired) electrons. The summed E-state index contributed by atoms with van der Waals surface area (Å²) in [6.07, 6.45) is 1.52. The zero-order chi connectivity index (χ0) is 9.35. The third-order valence-electron chi connectivity index (χ3n) is 2.52. The summed E-state index contributed by atoms with van der Waals surface area (Å²) in [5, 5.41) is 8.94. The molecule has 1 aliphatic carbocycles. The van der Waals surface area contributed by atoms with Gasteiger partial charge in [0.05, 0.1) is 0 Å². The summed E-state index contributed by atoms with van der Waals surface area (Å²) < 4.78 is 0. The van der Waals surface area contributed by atoms with Crippen molar-refractivity contribution in [2.45, 2.75) is 24.8 Å². The van der Waals surface area contributed by atoms with E-state index in [0.717, 1.165) is 0 Å². The Bertz CT molecular complexity index is 224. The van der Waals surface area contributed by atoms with E-state index in [2.05, 4.69) is 0 Å². The number of hydrogen-bond donors (Lipinski definition) is 1. The van der Waals surface area contributed by atoms with Gasteiger partial charge in [-0.3, -0.25) is 9.69 Å². The number of aliphatic carboxylic acids is 1. The molecule has 1 saturated carbocycles. The molecule has 1 atom stereocenters. The minimum Gasteiger partial charge on any atom is -0.480 e. The summed E-state index contributed by atoms with van der Waals surface area (Å²) in [5.74, 6) is -1.19. The van der Waals surface area contributed by atoms with Crippen LogP contribution in [0.1, 0.15) is 19.3 Å². The zero-order valence-electron chi connectivity index (χ0n) is 7.33.